The van der Waals surface area contributed by atoms with Crippen LogP contribution in [0.4, 0.5) is 5.69 Å². The Hall–Kier alpha value is -2.57. The molecule has 1 aromatic heterocycles. The van der Waals surface area contributed by atoms with Crippen molar-refractivity contribution >= 4 is 28.5 Å². The van der Waals surface area contributed by atoms with Crippen molar-refractivity contribution in [1.29, 1.82) is 0 Å². The van der Waals surface area contributed by atoms with E-state index in [9.17, 15) is 0 Å². The number of aromatic nitrogens is 2. The van der Waals surface area contributed by atoms with Crippen LogP contribution in [0, 0.1) is 0 Å². The summed E-state index contributed by atoms with van der Waals surface area (Å²) in [6.45, 7) is 9.32. The Morgan fingerprint density at radius 2 is 1.76 bits per heavy atom. The van der Waals surface area contributed by atoms with E-state index in [0.717, 1.165) is 48.7 Å². The van der Waals surface area contributed by atoms with Gasteiger partial charge in [-0.2, -0.15) is 10.1 Å². The van der Waals surface area contributed by atoms with Crippen LogP contribution in [0.3, 0.4) is 0 Å². The van der Waals surface area contributed by atoms with E-state index in [1.165, 1.54) is 17.5 Å². The smallest absolute Gasteiger partial charge is 0.220 e. The number of guanidine groups is 2. The van der Waals surface area contributed by atoms with Gasteiger partial charge in [-0.25, -0.2) is 4.99 Å². The van der Waals surface area contributed by atoms with Gasteiger partial charge in [-0.3, -0.25) is 10.00 Å². The van der Waals surface area contributed by atoms with Gasteiger partial charge in [0.1, 0.15) is 5.66 Å². The number of anilines is 1. The van der Waals surface area contributed by atoms with Crippen LogP contribution in [-0.4, -0.2) is 27.8 Å². The molecule has 3 aliphatic rings. The van der Waals surface area contributed by atoms with E-state index in [4.69, 9.17) is 16.5 Å². The number of nitrogens with one attached hydrogen (secondary N) is 1. The Labute approximate surface area is 171 Å². The monoisotopic (exact) mass is 393 g/mol. The van der Waals surface area contributed by atoms with Crippen molar-refractivity contribution in [2.45, 2.75) is 82.7 Å². The highest BCUT2D eigenvalue weighted by Gasteiger charge is 2.49. The molecule has 7 heteroatoms. The fraction of sp³-hybridized carbons (Fsp3) is 0.591. The molecule has 1 spiro atoms. The molecule has 1 fully saturated rings. The number of aliphatic imine (C=N–C) groups is 2. The highest BCUT2D eigenvalue weighted by molar-refractivity contribution is 6.11. The summed E-state index contributed by atoms with van der Waals surface area (Å²) in [4.78, 5) is 11.5. The second kappa shape index (κ2) is 5.74. The molecule has 2 aromatic rings. The van der Waals surface area contributed by atoms with Gasteiger partial charge in [-0.05, 0) is 60.1 Å². The SMILES string of the molecule is CC1(C)CC(C)(C)c2c1cc1[nH]ncc1c2N1C(N)=NC(N)=NC12CCCCC2. The molecule has 0 saturated heterocycles. The van der Waals surface area contributed by atoms with E-state index in [1.54, 1.807) is 0 Å². The zero-order chi connectivity index (χ0) is 20.6. The fourth-order valence-corrected chi connectivity index (χ4v) is 6.26. The van der Waals surface area contributed by atoms with Crippen molar-refractivity contribution in [3.63, 3.8) is 0 Å². The molecule has 5 rings (SSSR count). The molecule has 0 atom stereocenters. The van der Waals surface area contributed by atoms with Crippen LogP contribution in [0.1, 0.15) is 77.3 Å². The van der Waals surface area contributed by atoms with Crippen molar-refractivity contribution in [1.82, 2.24) is 10.2 Å². The van der Waals surface area contributed by atoms with Crippen LogP contribution in [-0.2, 0) is 10.8 Å². The number of nitrogens with zero attached hydrogens (tertiary/aromatic N) is 4. The normalized spacial score (nSPS) is 24.5. The molecule has 0 bridgehead atoms. The quantitative estimate of drug-likeness (QED) is 0.687. The van der Waals surface area contributed by atoms with E-state index in [-0.39, 0.29) is 16.8 Å². The predicted octanol–water partition coefficient (Wildman–Crippen LogP) is 3.63. The van der Waals surface area contributed by atoms with Crippen molar-refractivity contribution in [2.24, 2.45) is 21.5 Å². The third-order valence-electron chi connectivity index (χ3n) is 7.08. The highest BCUT2D eigenvalue weighted by atomic mass is 15.4. The van der Waals surface area contributed by atoms with Gasteiger partial charge in [0.2, 0.25) is 11.9 Å². The molecule has 29 heavy (non-hydrogen) atoms. The molecule has 5 N–H and O–H groups in total. The van der Waals surface area contributed by atoms with Crippen molar-refractivity contribution in [2.75, 3.05) is 4.90 Å². The minimum Gasteiger partial charge on any atom is -0.369 e. The lowest BCUT2D eigenvalue weighted by Crippen LogP contribution is -2.58. The second-order valence-electron chi connectivity index (χ2n) is 10.2. The maximum Gasteiger partial charge on any atom is 0.220 e. The first-order valence-electron chi connectivity index (χ1n) is 10.7. The summed E-state index contributed by atoms with van der Waals surface area (Å²) in [6, 6.07) is 2.28. The van der Waals surface area contributed by atoms with E-state index in [0.29, 0.717) is 5.96 Å². The largest absolute Gasteiger partial charge is 0.369 e. The van der Waals surface area contributed by atoms with Gasteiger partial charge >= 0.3 is 0 Å². The van der Waals surface area contributed by atoms with Crippen LogP contribution >= 0.6 is 0 Å². The number of hydrogen-bond donors (Lipinski definition) is 3. The van der Waals surface area contributed by atoms with Crippen molar-refractivity contribution in [3.8, 4) is 0 Å². The molecule has 2 heterocycles. The van der Waals surface area contributed by atoms with Crippen LogP contribution in [0.25, 0.3) is 10.9 Å². The summed E-state index contributed by atoms with van der Waals surface area (Å²) >= 11 is 0. The van der Waals surface area contributed by atoms with Gasteiger partial charge in [0.25, 0.3) is 0 Å². The van der Waals surface area contributed by atoms with Gasteiger partial charge in [0, 0.05) is 5.39 Å². The number of hydrogen-bond acceptors (Lipinski definition) is 6. The summed E-state index contributed by atoms with van der Waals surface area (Å²) in [5, 5.41) is 8.64. The third kappa shape index (κ3) is 2.52. The Balaban J connectivity index is 1.86. The zero-order valence-corrected chi connectivity index (χ0v) is 17.8. The molecular weight excluding hydrogens is 362 g/mol. The number of benzene rings is 1. The summed E-state index contributed by atoms with van der Waals surface area (Å²) in [7, 11) is 0. The number of fused-ring (bicyclic) bond motifs is 2. The lowest BCUT2D eigenvalue weighted by atomic mass is 9.81. The molecule has 7 nitrogen and oxygen atoms in total. The number of H-pyrrole nitrogens is 1. The zero-order valence-electron chi connectivity index (χ0n) is 17.8. The summed E-state index contributed by atoms with van der Waals surface area (Å²) in [5.74, 6) is 0.729. The molecule has 2 aliphatic carbocycles. The molecule has 0 unspecified atom stereocenters. The molecule has 0 amide bonds. The Kier molecular flexibility index (Phi) is 3.65. The van der Waals surface area contributed by atoms with Crippen LogP contribution in [0.5, 0.6) is 0 Å². The van der Waals surface area contributed by atoms with E-state index in [2.05, 4.69) is 53.9 Å². The Bertz CT molecular complexity index is 1050. The van der Waals surface area contributed by atoms with Crippen molar-refractivity contribution in [3.05, 3.63) is 23.4 Å². The fourth-order valence-electron chi connectivity index (χ4n) is 6.26. The predicted molar refractivity (Wildman–Crippen MR) is 118 cm³/mol. The molecule has 154 valence electrons. The van der Waals surface area contributed by atoms with Gasteiger partial charge in [-0.1, -0.05) is 34.1 Å². The summed E-state index contributed by atoms with van der Waals surface area (Å²) in [5.41, 5.74) is 17.2. The van der Waals surface area contributed by atoms with Crippen molar-refractivity contribution < 1.29 is 0 Å². The maximum absolute atomic E-state index is 6.60. The number of aromatic amines is 1. The first-order chi connectivity index (χ1) is 13.6. The second-order valence-corrected chi connectivity index (χ2v) is 10.2. The Morgan fingerprint density at radius 1 is 1.03 bits per heavy atom. The van der Waals surface area contributed by atoms with Crippen LogP contribution in [0.2, 0.25) is 0 Å². The standard InChI is InChI=1S/C22H31N7/c1-20(2)12-21(3,4)16-14(20)10-15-13(11-25-28-15)17(16)29-19(24)26-18(23)27-22(29)8-6-5-7-9-22/h10-11H,5-9,12H2,1-4H3,(H,25,28)(H4,23,24,26,27). The van der Waals surface area contributed by atoms with E-state index in [1.807, 2.05) is 6.20 Å². The lowest BCUT2D eigenvalue weighted by molar-refractivity contribution is 0.305. The average molecular weight is 394 g/mol. The van der Waals surface area contributed by atoms with E-state index < -0.39 is 5.66 Å². The minimum absolute atomic E-state index is 0.00245. The first kappa shape index (κ1) is 18.5. The average Bonchev–Trinajstić information content (AvgIpc) is 3.15. The van der Waals surface area contributed by atoms with Gasteiger partial charge in [-0.15, -0.1) is 0 Å². The maximum atomic E-state index is 6.60. The van der Waals surface area contributed by atoms with E-state index >= 15 is 0 Å². The minimum atomic E-state index is -0.462. The number of rotatable bonds is 1. The topological polar surface area (TPSA) is 109 Å². The molecule has 1 aromatic carbocycles. The molecule has 1 saturated carbocycles. The van der Waals surface area contributed by atoms with Gasteiger partial charge < -0.3 is 11.5 Å². The highest BCUT2D eigenvalue weighted by Crippen LogP contribution is 2.56. The Morgan fingerprint density at radius 3 is 2.48 bits per heavy atom. The lowest BCUT2D eigenvalue weighted by Gasteiger charge is -2.47. The van der Waals surface area contributed by atoms with Crippen LogP contribution < -0.4 is 16.4 Å². The number of nitrogens with two attached hydrogens (primary N) is 2. The van der Waals surface area contributed by atoms with Gasteiger partial charge in [0.15, 0.2) is 0 Å². The first-order valence-corrected chi connectivity index (χ1v) is 10.7. The molecule has 0 radical (unpaired) electrons. The molecule has 1 aliphatic heterocycles. The third-order valence-corrected chi connectivity index (χ3v) is 7.08. The van der Waals surface area contributed by atoms with Gasteiger partial charge in [0.05, 0.1) is 17.4 Å². The molecular formula is C22H31N7. The summed E-state index contributed by atoms with van der Waals surface area (Å²) < 4.78 is 0. The summed E-state index contributed by atoms with van der Waals surface area (Å²) in [6.07, 6.45) is 8.28. The van der Waals surface area contributed by atoms with Crippen LogP contribution in [0.15, 0.2) is 22.2 Å².